The summed E-state index contributed by atoms with van der Waals surface area (Å²) in [4.78, 5) is 37.7. The molecule has 0 aliphatic rings. The van der Waals surface area contributed by atoms with Crippen molar-refractivity contribution in [2.75, 3.05) is 47.5 Å². The number of carbonyl (C=O) groups is 3. The van der Waals surface area contributed by atoms with Gasteiger partial charge in [-0.1, -0.05) is 326 Å². The number of carboxylic acid groups (broad SMARTS) is 1. The Bertz CT molecular complexity index is 1490. The van der Waals surface area contributed by atoms with Crippen LogP contribution in [0.4, 0.5) is 0 Å². The summed E-state index contributed by atoms with van der Waals surface area (Å²) in [5.74, 6) is -1.98. The normalized spacial score (nSPS) is 12.8. The highest BCUT2D eigenvalue weighted by molar-refractivity contribution is 5.71. The van der Waals surface area contributed by atoms with Crippen LogP contribution in [0.15, 0.2) is 36.5 Å². The van der Waals surface area contributed by atoms with Crippen molar-refractivity contribution in [1.29, 1.82) is 0 Å². The summed E-state index contributed by atoms with van der Waals surface area (Å²) in [6.07, 6.45) is 82.8. The molecule has 0 heterocycles. The molecule has 0 rings (SSSR count). The van der Waals surface area contributed by atoms with Crippen LogP contribution in [0.25, 0.3) is 0 Å². The third kappa shape index (κ3) is 68.9. The Kier molecular flexibility index (Phi) is 65.5. The van der Waals surface area contributed by atoms with Gasteiger partial charge in [0.2, 0.25) is 0 Å². The summed E-state index contributed by atoms with van der Waals surface area (Å²) in [7, 11) is 5.99. The Morgan fingerprint density at radius 2 is 0.635 bits per heavy atom. The fourth-order valence-corrected chi connectivity index (χ4v) is 11.2. The highest BCUT2D eigenvalue weighted by Gasteiger charge is 2.25. The van der Waals surface area contributed by atoms with Crippen LogP contribution < -0.4 is 0 Å². The Balaban J connectivity index is 4.03. The number of aliphatic carboxylic acids is 1. The van der Waals surface area contributed by atoms with Crippen LogP contribution in [0, 0.1) is 0 Å². The van der Waals surface area contributed by atoms with Gasteiger partial charge in [0.05, 0.1) is 34.4 Å². The van der Waals surface area contributed by atoms with E-state index in [0.717, 1.165) is 44.9 Å². The number of carboxylic acids is 1. The van der Waals surface area contributed by atoms with Crippen LogP contribution in [0.1, 0.15) is 373 Å². The molecule has 0 amide bonds. The largest absolute Gasteiger partial charge is 0.477 e. The Hall–Kier alpha value is -2.49. The molecule has 2 unspecified atom stereocenters. The van der Waals surface area contributed by atoms with Crippen molar-refractivity contribution < 1.29 is 42.9 Å². The number of nitrogens with zero attached hydrogens (tertiary/aromatic N) is 1. The van der Waals surface area contributed by atoms with Gasteiger partial charge in [0.25, 0.3) is 6.29 Å². The molecule has 0 aliphatic carbocycles. The molecule has 0 spiro atoms. The summed E-state index contributed by atoms with van der Waals surface area (Å²) in [6.45, 7) is 4.94. The van der Waals surface area contributed by atoms with E-state index in [1.54, 1.807) is 0 Å². The van der Waals surface area contributed by atoms with Crippen molar-refractivity contribution in [2.45, 2.75) is 386 Å². The third-order valence-electron chi connectivity index (χ3n) is 16.9. The molecule has 0 aromatic heterocycles. The molecule has 2 atom stereocenters. The molecule has 0 bridgehead atoms. The maximum absolute atomic E-state index is 13.0. The highest BCUT2D eigenvalue weighted by atomic mass is 16.7. The molecule has 0 aromatic rings. The summed E-state index contributed by atoms with van der Waals surface area (Å²) >= 11 is 0. The predicted molar refractivity (Wildman–Crippen MR) is 364 cm³/mol. The lowest BCUT2D eigenvalue weighted by atomic mass is 10.0. The summed E-state index contributed by atoms with van der Waals surface area (Å²) in [5, 5.41) is 9.76. The van der Waals surface area contributed by atoms with E-state index in [4.69, 9.17) is 18.9 Å². The third-order valence-corrected chi connectivity index (χ3v) is 16.9. The Morgan fingerprint density at radius 1 is 0.353 bits per heavy atom. The van der Waals surface area contributed by atoms with Crippen molar-refractivity contribution >= 4 is 17.9 Å². The van der Waals surface area contributed by atoms with E-state index in [2.05, 4.69) is 50.3 Å². The first kappa shape index (κ1) is 82.5. The Morgan fingerprint density at radius 3 is 0.941 bits per heavy atom. The summed E-state index contributed by atoms with van der Waals surface area (Å²) in [5.41, 5.74) is 0. The van der Waals surface area contributed by atoms with E-state index < -0.39 is 18.4 Å². The Labute approximate surface area is 528 Å². The van der Waals surface area contributed by atoms with E-state index in [0.29, 0.717) is 17.4 Å². The van der Waals surface area contributed by atoms with E-state index in [-0.39, 0.29) is 38.2 Å². The zero-order valence-electron chi connectivity index (χ0n) is 57.3. The molecule has 85 heavy (non-hydrogen) atoms. The van der Waals surface area contributed by atoms with Crippen LogP contribution >= 0.6 is 0 Å². The van der Waals surface area contributed by atoms with Gasteiger partial charge in [-0.05, 0) is 70.6 Å². The van der Waals surface area contributed by atoms with Gasteiger partial charge in [-0.3, -0.25) is 9.59 Å². The van der Waals surface area contributed by atoms with Crippen LogP contribution in [0.5, 0.6) is 0 Å². The maximum atomic E-state index is 13.0. The fraction of sp³-hybridized carbons (Fsp3) is 0.882. The van der Waals surface area contributed by atoms with Crippen molar-refractivity contribution in [2.24, 2.45) is 0 Å². The number of unbranched alkanes of at least 4 members (excludes halogenated alkanes) is 49. The number of hydrogen-bond acceptors (Lipinski definition) is 7. The molecule has 1 N–H and O–H groups in total. The molecule has 0 saturated carbocycles. The number of allylic oxidation sites excluding steroid dienone is 6. The van der Waals surface area contributed by atoms with Crippen LogP contribution in [-0.2, 0) is 33.3 Å². The molecule has 9 nitrogen and oxygen atoms in total. The fourth-order valence-electron chi connectivity index (χ4n) is 11.2. The van der Waals surface area contributed by atoms with Crippen molar-refractivity contribution in [3.8, 4) is 0 Å². The molecular weight excluding hydrogens is 1050 g/mol. The van der Waals surface area contributed by atoms with E-state index in [1.165, 1.54) is 302 Å². The topological polar surface area (TPSA) is 108 Å². The lowest BCUT2D eigenvalue weighted by Gasteiger charge is -2.25. The van der Waals surface area contributed by atoms with Gasteiger partial charge >= 0.3 is 17.9 Å². The zero-order chi connectivity index (χ0) is 61.9. The van der Waals surface area contributed by atoms with Gasteiger partial charge in [-0.2, -0.15) is 0 Å². The van der Waals surface area contributed by atoms with Crippen molar-refractivity contribution in [3.05, 3.63) is 36.5 Å². The predicted octanol–water partition coefficient (Wildman–Crippen LogP) is 23.1. The van der Waals surface area contributed by atoms with E-state index >= 15 is 0 Å². The quantitative estimate of drug-likeness (QED) is 0.0211. The molecule has 0 fully saturated rings. The second-order valence-corrected chi connectivity index (χ2v) is 26.6. The number of ether oxygens (including phenoxy) is 4. The molecular formula is C76H144NO8+. The number of quaternary nitrogens is 1. The van der Waals surface area contributed by atoms with E-state index in [1.807, 2.05) is 21.1 Å². The first-order valence-corrected chi connectivity index (χ1v) is 37.2. The minimum atomic E-state index is -1.51. The number of esters is 2. The smallest absolute Gasteiger partial charge is 0.361 e. The number of rotatable bonds is 70. The second-order valence-electron chi connectivity index (χ2n) is 26.6. The summed E-state index contributed by atoms with van der Waals surface area (Å²) in [6, 6.07) is 0. The molecule has 0 aromatic carbocycles. The average molecular weight is 1200 g/mol. The lowest BCUT2D eigenvalue weighted by molar-refractivity contribution is -0.870. The number of hydrogen-bond donors (Lipinski definition) is 1. The molecule has 0 aliphatic heterocycles. The van der Waals surface area contributed by atoms with Gasteiger partial charge < -0.3 is 28.5 Å². The van der Waals surface area contributed by atoms with Gasteiger partial charge in [-0.15, -0.1) is 0 Å². The number of carbonyl (C=O) groups excluding carboxylic acids is 2. The monoisotopic (exact) mass is 1200 g/mol. The van der Waals surface area contributed by atoms with Gasteiger partial charge in [0.15, 0.2) is 6.10 Å². The highest BCUT2D eigenvalue weighted by Crippen LogP contribution is 2.19. The minimum Gasteiger partial charge on any atom is -0.477 e. The van der Waals surface area contributed by atoms with Gasteiger partial charge in [0, 0.05) is 12.8 Å². The molecule has 0 radical (unpaired) electrons. The standard InChI is InChI=1S/C76H143NO8/c1-6-8-10-12-14-16-18-20-22-24-26-28-30-32-34-36-37-39-40-42-44-46-48-50-52-54-56-58-60-62-64-66-73(78)83-70-72(71-84-76(75(80)81)82-69-68-77(3,4)5)85-74(79)67-65-63-61-59-57-55-53-51-49-47-45-43-41-38-35-33-31-29-27-25-23-21-19-17-15-13-11-9-7-2/h19,21,24-27,72,76H,6-18,20,22-23,28-71H2,1-5H3/p+1/b21-19-,26-24-,27-25-. The first-order chi connectivity index (χ1) is 41.6. The second kappa shape index (κ2) is 67.4. The lowest BCUT2D eigenvalue weighted by Crippen LogP contribution is -2.40. The molecule has 500 valence electrons. The SMILES string of the molecule is CCCCCCC/C=C\C/C=C\CCCCCCCCCCCCCCCCCCCC(=O)OC(COC(=O)CCCCCCCCCCCCCCCCCCCCC/C=C\CCCCCCCCCC)COC(OCC[N+](C)(C)C)C(=O)O. The maximum Gasteiger partial charge on any atom is 0.361 e. The van der Waals surface area contributed by atoms with Crippen LogP contribution in [0.2, 0.25) is 0 Å². The van der Waals surface area contributed by atoms with E-state index in [9.17, 15) is 19.5 Å². The summed E-state index contributed by atoms with van der Waals surface area (Å²) < 4.78 is 23.0. The number of likely N-dealkylation sites (N-methyl/N-ethyl adjacent to an activating group) is 1. The first-order valence-electron chi connectivity index (χ1n) is 37.2. The average Bonchev–Trinajstić information content (AvgIpc) is 3.48. The van der Waals surface area contributed by atoms with Gasteiger partial charge in [-0.25, -0.2) is 4.79 Å². The molecule has 9 heteroatoms. The van der Waals surface area contributed by atoms with Crippen LogP contribution in [0.3, 0.4) is 0 Å². The minimum absolute atomic E-state index is 0.176. The molecule has 0 saturated heterocycles. The van der Waals surface area contributed by atoms with Crippen LogP contribution in [-0.4, -0.2) is 87.4 Å². The zero-order valence-corrected chi connectivity index (χ0v) is 57.3. The van der Waals surface area contributed by atoms with Gasteiger partial charge in [0.1, 0.15) is 13.2 Å². The van der Waals surface area contributed by atoms with Crippen molar-refractivity contribution in [1.82, 2.24) is 0 Å². The van der Waals surface area contributed by atoms with Crippen molar-refractivity contribution in [3.63, 3.8) is 0 Å².